The molecule has 6 nitrogen and oxygen atoms in total. The van der Waals surface area contributed by atoms with Gasteiger partial charge in [0.05, 0.1) is 14.2 Å². The number of carbonyl (C=O) groups excluding carboxylic acids is 1. The third kappa shape index (κ3) is 6.57. The molecule has 2 N–H and O–H groups in total. The summed E-state index contributed by atoms with van der Waals surface area (Å²) in [7, 11) is 3.01. The molecule has 0 aliphatic heterocycles. The molecule has 9 heteroatoms. The van der Waals surface area contributed by atoms with E-state index in [2.05, 4.69) is 15.4 Å². The molecule has 0 heterocycles. The predicted molar refractivity (Wildman–Crippen MR) is 99.3 cm³/mol. The largest absolute Gasteiger partial charge is 0.497 e. The number of rotatable bonds is 8. The average molecular weight is 398 g/mol. The topological polar surface area (TPSA) is 68.8 Å². The number of halogens is 3. The minimum atomic E-state index is -4.40. The van der Waals surface area contributed by atoms with Crippen molar-refractivity contribution in [2.45, 2.75) is 19.1 Å². The number of alkyl halides is 3. The zero-order chi connectivity index (χ0) is 20.7. The summed E-state index contributed by atoms with van der Waals surface area (Å²) in [5.41, 5.74) is 1.07. The van der Waals surface area contributed by atoms with Crippen molar-refractivity contribution in [3.05, 3.63) is 42.5 Å². The summed E-state index contributed by atoms with van der Waals surface area (Å²) < 4.78 is 51.4. The molecule has 2 aromatic carbocycles. The number of amides is 1. The highest BCUT2D eigenvalue weighted by atomic mass is 19.4. The van der Waals surface area contributed by atoms with E-state index in [1.165, 1.54) is 38.5 Å². The van der Waals surface area contributed by atoms with E-state index in [1.54, 1.807) is 25.1 Å². The Balaban J connectivity index is 1.95. The molecule has 1 unspecified atom stereocenters. The van der Waals surface area contributed by atoms with Crippen molar-refractivity contribution in [1.29, 1.82) is 0 Å². The maximum atomic E-state index is 12.4. The Morgan fingerprint density at radius 3 is 2.04 bits per heavy atom. The van der Waals surface area contributed by atoms with E-state index in [4.69, 9.17) is 9.47 Å². The van der Waals surface area contributed by atoms with Gasteiger partial charge in [0.15, 0.2) is 6.61 Å². The SMILES string of the molecule is COc1cc(NC(=O)C(C)Nc2ccc(OCC(F)(F)F)cc2)cc(OC)c1. The molecule has 0 bridgehead atoms. The van der Waals surface area contributed by atoms with E-state index in [-0.39, 0.29) is 11.7 Å². The van der Waals surface area contributed by atoms with Gasteiger partial charge in [0, 0.05) is 29.6 Å². The van der Waals surface area contributed by atoms with Crippen LogP contribution in [0.25, 0.3) is 0 Å². The van der Waals surface area contributed by atoms with Gasteiger partial charge in [0.1, 0.15) is 23.3 Å². The number of methoxy groups -OCH3 is 2. The van der Waals surface area contributed by atoms with Crippen LogP contribution in [0.15, 0.2) is 42.5 Å². The predicted octanol–water partition coefficient (Wildman–Crippen LogP) is 4.08. The standard InChI is InChI=1S/C19H21F3N2O4/c1-12(18(25)24-14-8-16(26-2)10-17(9-14)27-3)23-13-4-6-15(7-5-13)28-11-19(20,21)22/h4-10,12,23H,11H2,1-3H3,(H,24,25). The summed E-state index contributed by atoms with van der Waals surface area (Å²) in [5.74, 6) is 0.838. The van der Waals surface area contributed by atoms with E-state index in [0.29, 0.717) is 22.9 Å². The molecular weight excluding hydrogens is 377 g/mol. The highest BCUT2D eigenvalue weighted by Gasteiger charge is 2.28. The van der Waals surface area contributed by atoms with Gasteiger partial charge < -0.3 is 24.8 Å². The number of benzene rings is 2. The molecule has 0 radical (unpaired) electrons. The first-order valence-corrected chi connectivity index (χ1v) is 8.30. The molecular formula is C19H21F3N2O4. The van der Waals surface area contributed by atoms with Gasteiger partial charge in [0.25, 0.3) is 0 Å². The Labute approximate surface area is 160 Å². The van der Waals surface area contributed by atoms with Crippen molar-refractivity contribution in [2.24, 2.45) is 0 Å². The van der Waals surface area contributed by atoms with Crippen LogP contribution >= 0.6 is 0 Å². The fraction of sp³-hybridized carbons (Fsp3) is 0.316. The lowest BCUT2D eigenvalue weighted by Crippen LogP contribution is -2.31. The van der Waals surface area contributed by atoms with Crippen molar-refractivity contribution < 1.29 is 32.2 Å². The van der Waals surface area contributed by atoms with Crippen molar-refractivity contribution in [1.82, 2.24) is 0 Å². The monoisotopic (exact) mass is 398 g/mol. The van der Waals surface area contributed by atoms with E-state index in [1.807, 2.05) is 0 Å². The van der Waals surface area contributed by atoms with Gasteiger partial charge in [-0.05, 0) is 31.2 Å². The number of nitrogens with one attached hydrogen (secondary N) is 2. The minimum absolute atomic E-state index is 0.0865. The molecule has 0 saturated carbocycles. The summed E-state index contributed by atoms with van der Waals surface area (Å²) in [5, 5.41) is 5.71. The molecule has 0 spiro atoms. The fourth-order valence-electron chi connectivity index (χ4n) is 2.26. The van der Waals surface area contributed by atoms with E-state index < -0.39 is 18.8 Å². The second-order valence-corrected chi connectivity index (χ2v) is 5.88. The summed E-state index contributed by atoms with van der Waals surface area (Å²) >= 11 is 0. The molecule has 28 heavy (non-hydrogen) atoms. The lowest BCUT2D eigenvalue weighted by atomic mass is 10.2. The van der Waals surface area contributed by atoms with Crippen LogP contribution in [0.4, 0.5) is 24.5 Å². The zero-order valence-electron chi connectivity index (χ0n) is 15.6. The summed E-state index contributed by atoms with van der Waals surface area (Å²) in [4.78, 5) is 12.4. The Morgan fingerprint density at radius 1 is 0.964 bits per heavy atom. The van der Waals surface area contributed by atoms with Gasteiger partial charge in [-0.1, -0.05) is 0 Å². The number of hydrogen-bond donors (Lipinski definition) is 2. The molecule has 1 amide bonds. The number of ether oxygens (including phenoxy) is 3. The van der Waals surface area contributed by atoms with Crippen LogP contribution in [0.1, 0.15) is 6.92 Å². The molecule has 152 valence electrons. The van der Waals surface area contributed by atoms with Crippen LogP contribution in [-0.4, -0.2) is 39.0 Å². The van der Waals surface area contributed by atoms with Crippen molar-refractivity contribution >= 4 is 17.3 Å². The lowest BCUT2D eigenvalue weighted by molar-refractivity contribution is -0.153. The molecule has 1 atom stereocenters. The molecule has 2 aromatic rings. The quantitative estimate of drug-likeness (QED) is 0.701. The maximum Gasteiger partial charge on any atom is 0.422 e. The maximum absolute atomic E-state index is 12.4. The zero-order valence-corrected chi connectivity index (χ0v) is 15.6. The second kappa shape index (κ2) is 9.20. The van der Waals surface area contributed by atoms with Crippen LogP contribution in [0.5, 0.6) is 17.2 Å². The molecule has 0 aliphatic carbocycles. The molecule has 0 aliphatic rings. The molecule has 0 saturated heterocycles. The van der Waals surface area contributed by atoms with Crippen LogP contribution in [0, 0.1) is 0 Å². The third-order valence-corrected chi connectivity index (χ3v) is 3.65. The Morgan fingerprint density at radius 2 is 1.54 bits per heavy atom. The Hall–Kier alpha value is -3.10. The van der Waals surface area contributed by atoms with Gasteiger partial charge >= 0.3 is 6.18 Å². The van der Waals surface area contributed by atoms with Gasteiger partial charge in [-0.25, -0.2) is 0 Å². The lowest BCUT2D eigenvalue weighted by Gasteiger charge is -2.17. The van der Waals surface area contributed by atoms with E-state index >= 15 is 0 Å². The summed E-state index contributed by atoms with van der Waals surface area (Å²) in [6.07, 6.45) is -4.40. The Bertz CT molecular complexity index is 773. The third-order valence-electron chi connectivity index (χ3n) is 3.65. The first-order valence-electron chi connectivity index (χ1n) is 8.30. The van der Waals surface area contributed by atoms with E-state index in [0.717, 1.165) is 0 Å². The van der Waals surface area contributed by atoms with Crippen molar-refractivity contribution in [3.63, 3.8) is 0 Å². The van der Waals surface area contributed by atoms with Gasteiger partial charge in [-0.2, -0.15) is 13.2 Å². The van der Waals surface area contributed by atoms with Crippen LogP contribution < -0.4 is 24.8 Å². The Kier molecular flexibility index (Phi) is 6.97. The highest BCUT2D eigenvalue weighted by molar-refractivity contribution is 5.96. The number of hydrogen-bond acceptors (Lipinski definition) is 5. The fourth-order valence-corrected chi connectivity index (χ4v) is 2.26. The average Bonchev–Trinajstić information content (AvgIpc) is 2.66. The molecule has 2 rings (SSSR count). The normalized spacial score (nSPS) is 12.1. The first-order chi connectivity index (χ1) is 13.2. The highest BCUT2D eigenvalue weighted by Crippen LogP contribution is 2.26. The molecule has 0 fully saturated rings. The van der Waals surface area contributed by atoms with Crippen molar-refractivity contribution in [3.8, 4) is 17.2 Å². The van der Waals surface area contributed by atoms with Gasteiger partial charge in [-0.3, -0.25) is 4.79 Å². The smallest absolute Gasteiger partial charge is 0.422 e. The second-order valence-electron chi connectivity index (χ2n) is 5.88. The van der Waals surface area contributed by atoms with E-state index in [9.17, 15) is 18.0 Å². The summed E-state index contributed by atoms with van der Waals surface area (Å²) in [6, 6.07) is 10.2. The van der Waals surface area contributed by atoms with Gasteiger partial charge in [0.2, 0.25) is 5.91 Å². The number of anilines is 2. The van der Waals surface area contributed by atoms with Gasteiger partial charge in [-0.15, -0.1) is 0 Å². The molecule has 0 aromatic heterocycles. The van der Waals surface area contributed by atoms with Crippen molar-refractivity contribution in [2.75, 3.05) is 31.5 Å². The van der Waals surface area contributed by atoms with Crippen LogP contribution in [0.3, 0.4) is 0 Å². The minimum Gasteiger partial charge on any atom is -0.497 e. The summed E-state index contributed by atoms with van der Waals surface area (Å²) in [6.45, 7) is 0.295. The number of carbonyl (C=O) groups is 1. The van der Waals surface area contributed by atoms with Crippen LogP contribution in [-0.2, 0) is 4.79 Å². The first kappa shape index (κ1) is 21.2. The van der Waals surface area contributed by atoms with Crippen LogP contribution in [0.2, 0.25) is 0 Å².